The molecule has 2 aromatic rings. The first-order valence-corrected chi connectivity index (χ1v) is 6.97. The van der Waals surface area contributed by atoms with Crippen LogP contribution in [-0.4, -0.2) is 0 Å². The molecule has 3 rings (SSSR count). The summed E-state index contributed by atoms with van der Waals surface area (Å²) >= 11 is 12.2. The average molecular weight is 312 g/mol. The molecule has 0 fully saturated rings. The Morgan fingerprint density at radius 1 is 1.10 bits per heavy atom. The van der Waals surface area contributed by atoms with Crippen molar-refractivity contribution in [3.8, 4) is 5.75 Å². The zero-order chi connectivity index (χ0) is 14.3. The summed E-state index contributed by atoms with van der Waals surface area (Å²) < 4.78 is 19.2. The number of hydrogen-bond donors (Lipinski definition) is 1. The number of halogens is 3. The minimum atomic E-state index is -0.353. The smallest absolute Gasteiger partial charge is 0.127 e. The fourth-order valence-electron chi connectivity index (χ4n) is 2.43. The van der Waals surface area contributed by atoms with Crippen LogP contribution in [0.1, 0.15) is 29.7 Å². The fraction of sp³-hybridized carbons (Fsp3) is 0.200. The van der Waals surface area contributed by atoms with E-state index in [4.69, 9.17) is 33.7 Å². The van der Waals surface area contributed by atoms with E-state index in [2.05, 4.69) is 0 Å². The van der Waals surface area contributed by atoms with Gasteiger partial charge in [-0.05, 0) is 24.3 Å². The summed E-state index contributed by atoms with van der Waals surface area (Å²) in [7, 11) is 0. The molecule has 104 valence electrons. The summed E-state index contributed by atoms with van der Waals surface area (Å²) in [5.74, 6) is 0.110. The normalized spacial score (nSPS) is 21.2. The van der Waals surface area contributed by atoms with Crippen LogP contribution in [0, 0.1) is 5.82 Å². The maximum Gasteiger partial charge on any atom is 0.127 e. The minimum absolute atomic E-state index is 0.223. The van der Waals surface area contributed by atoms with E-state index in [1.54, 1.807) is 24.3 Å². The lowest BCUT2D eigenvalue weighted by molar-refractivity contribution is 0.161. The number of fused-ring (bicyclic) bond motifs is 1. The Kier molecular flexibility index (Phi) is 3.59. The Balaban J connectivity index is 2.00. The molecule has 1 heterocycles. The molecule has 2 aromatic carbocycles. The molecule has 2 nitrogen and oxygen atoms in total. The number of nitrogens with two attached hydrogens (primary N) is 1. The fourth-order valence-corrected chi connectivity index (χ4v) is 2.85. The lowest BCUT2D eigenvalue weighted by Crippen LogP contribution is -2.24. The van der Waals surface area contributed by atoms with E-state index in [-0.39, 0.29) is 18.0 Å². The van der Waals surface area contributed by atoms with E-state index in [1.165, 1.54) is 12.1 Å². The lowest BCUT2D eigenvalue weighted by atomic mass is 9.93. The van der Waals surface area contributed by atoms with Gasteiger partial charge in [0.1, 0.15) is 17.7 Å². The van der Waals surface area contributed by atoms with Crippen LogP contribution in [0.25, 0.3) is 0 Å². The van der Waals surface area contributed by atoms with Gasteiger partial charge in [-0.25, -0.2) is 4.39 Å². The summed E-state index contributed by atoms with van der Waals surface area (Å²) in [6.45, 7) is 0. The molecule has 0 aromatic heterocycles. The van der Waals surface area contributed by atoms with Gasteiger partial charge in [-0.15, -0.1) is 0 Å². The van der Waals surface area contributed by atoms with E-state index in [9.17, 15) is 4.39 Å². The van der Waals surface area contributed by atoms with E-state index in [1.807, 2.05) is 0 Å². The van der Waals surface area contributed by atoms with Gasteiger partial charge >= 0.3 is 0 Å². The van der Waals surface area contributed by atoms with Crippen molar-refractivity contribution in [2.45, 2.75) is 18.6 Å². The van der Waals surface area contributed by atoms with E-state index >= 15 is 0 Å². The highest BCUT2D eigenvalue weighted by Gasteiger charge is 2.28. The number of rotatable bonds is 1. The van der Waals surface area contributed by atoms with E-state index < -0.39 is 0 Å². The Morgan fingerprint density at radius 3 is 2.70 bits per heavy atom. The Labute approximate surface area is 126 Å². The zero-order valence-electron chi connectivity index (χ0n) is 10.4. The van der Waals surface area contributed by atoms with Crippen molar-refractivity contribution >= 4 is 23.2 Å². The van der Waals surface area contributed by atoms with Crippen molar-refractivity contribution in [1.82, 2.24) is 0 Å². The second-order valence-corrected chi connectivity index (χ2v) is 5.64. The van der Waals surface area contributed by atoms with Gasteiger partial charge in [0.05, 0.1) is 0 Å². The third kappa shape index (κ3) is 2.49. The monoisotopic (exact) mass is 311 g/mol. The summed E-state index contributed by atoms with van der Waals surface area (Å²) in [5, 5.41) is 1.14. The highest BCUT2D eigenvalue weighted by molar-refractivity contribution is 6.33. The first-order chi connectivity index (χ1) is 9.54. The van der Waals surface area contributed by atoms with Crippen LogP contribution in [-0.2, 0) is 0 Å². The van der Waals surface area contributed by atoms with Gasteiger partial charge < -0.3 is 10.5 Å². The molecule has 0 spiro atoms. The largest absolute Gasteiger partial charge is 0.485 e. The first kappa shape index (κ1) is 13.7. The number of hydrogen-bond acceptors (Lipinski definition) is 2. The second kappa shape index (κ2) is 5.24. The van der Waals surface area contributed by atoms with Crippen molar-refractivity contribution in [2.75, 3.05) is 0 Å². The number of benzene rings is 2. The van der Waals surface area contributed by atoms with Crippen molar-refractivity contribution in [1.29, 1.82) is 0 Å². The third-order valence-corrected chi connectivity index (χ3v) is 4.00. The van der Waals surface area contributed by atoms with E-state index in [0.29, 0.717) is 22.2 Å². The molecule has 1 aliphatic heterocycles. The van der Waals surface area contributed by atoms with Gasteiger partial charge in [0.2, 0.25) is 0 Å². The van der Waals surface area contributed by atoms with Crippen molar-refractivity contribution in [3.63, 3.8) is 0 Å². The maximum atomic E-state index is 13.3. The SMILES string of the molecule is N[C@H]1CC(c2cc(Cl)ccc2Cl)Oc2cc(F)ccc21. The summed E-state index contributed by atoms with van der Waals surface area (Å²) in [6, 6.07) is 9.35. The molecule has 0 saturated carbocycles. The average Bonchev–Trinajstić information content (AvgIpc) is 2.41. The Morgan fingerprint density at radius 2 is 1.90 bits per heavy atom. The van der Waals surface area contributed by atoms with Gasteiger partial charge in [0.15, 0.2) is 0 Å². The molecule has 0 bridgehead atoms. The quantitative estimate of drug-likeness (QED) is 0.831. The summed E-state index contributed by atoms with van der Waals surface area (Å²) in [6.07, 6.45) is 0.240. The molecule has 2 atom stereocenters. The topological polar surface area (TPSA) is 35.2 Å². The van der Waals surface area contributed by atoms with Crippen molar-refractivity contribution in [2.24, 2.45) is 5.73 Å². The molecule has 5 heteroatoms. The van der Waals surface area contributed by atoms with Gasteiger partial charge in [-0.3, -0.25) is 0 Å². The molecule has 1 aliphatic rings. The van der Waals surface area contributed by atoms with Gasteiger partial charge in [0, 0.05) is 39.7 Å². The zero-order valence-corrected chi connectivity index (χ0v) is 12.0. The predicted molar refractivity (Wildman–Crippen MR) is 77.8 cm³/mol. The molecule has 0 aliphatic carbocycles. The first-order valence-electron chi connectivity index (χ1n) is 6.21. The molecule has 2 N–H and O–H groups in total. The highest BCUT2D eigenvalue weighted by atomic mass is 35.5. The molecular weight excluding hydrogens is 300 g/mol. The van der Waals surface area contributed by atoms with Crippen LogP contribution in [0.3, 0.4) is 0 Å². The third-order valence-electron chi connectivity index (χ3n) is 3.42. The molecule has 0 radical (unpaired) electrons. The van der Waals surface area contributed by atoms with Gasteiger partial charge in [-0.1, -0.05) is 29.3 Å². The molecule has 1 unspecified atom stereocenters. The van der Waals surface area contributed by atoms with Gasteiger partial charge in [-0.2, -0.15) is 0 Å². The van der Waals surface area contributed by atoms with Crippen LogP contribution in [0.5, 0.6) is 5.75 Å². The van der Waals surface area contributed by atoms with Gasteiger partial charge in [0.25, 0.3) is 0 Å². The van der Waals surface area contributed by atoms with Crippen molar-refractivity contribution in [3.05, 3.63) is 63.4 Å². The molecular formula is C15H12Cl2FNO. The minimum Gasteiger partial charge on any atom is -0.485 e. The Bertz CT molecular complexity index is 662. The van der Waals surface area contributed by atoms with Crippen LogP contribution in [0.2, 0.25) is 10.0 Å². The molecule has 0 amide bonds. The highest BCUT2D eigenvalue weighted by Crippen LogP contribution is 2.42. The van der Waals surface area contributed by atoms with Crippen LogP contribution in [0.15, 0.2) is 36.4 Å². The summed E-state index contributed by atoms with van der Waals surface area (Å²) in [4.78, 5) is 0. The lowest BCUT2D eigenvalue weighted by Gasteiger charge is -2.31. The van der Waals surface area contributed by atoms with E-state index in [0.717, 1.165) is 11.1 Å². The summed E-state index contributed by atoms with van der Waals surface area (Å²) in [5.41, 5.74) is 7.71. The molecule has 20 heavy (non-hydrogen) atoms. The predicted octanol–water partition coefficient (Wildman–Crippen LogP) is 4.66. The van der Waals surface area contributed by atoms with Crippen molar-refractivity contribution < 1.29 is 9.13 Å². The van der Waals surface area contributed by atoms with Crippen LogP contribution < -0.4 is 10.5 Å². The van der Waals surface area contributed by atoms with Crippen LogP contribution in [0.4, 0.5) is 4.39 Å². The second-order valence-electron chi connectivity index (χ2n) is 4.80. The number of ether oxygens (including phenoxy) is 1. The maximum absolute atomic E-state index is 13.3. The standard InChI is InChI=1S/C15H12Cl2FNO/c16-8-1-4-12(17)11(5-8)15-7-13(19)10-3-2-9(18)6-14(10)20-15/h1-6,13,15H,7,19H2/t13-,15?/m0/s1. The van der Waals surface area contributed by atoms with Crippen LogP contribution >= 0.6 is 23.2 Å². The molecule has 0 saturated heterocycles. The Hall–Kier alpha value is -1.29.